The molecule has 2 saturated heterocycles. The van der Waals surface area contributed by atoms with E-state index in [-0.39, 0.29) is 24.8 Å². The molecule has 43 heavy (non-hydrogen) atoms. The lowest BCUT2D eigenvalue weighted by Crippen LogP contribution is -2.47. The second kappa shape index (κ2) is 15.8. The molecule has 2 amide bonds. The van der Waals surface area contributed by atoms with Gasteiger partial charge < -0.3 is 29.5 Å². The third kappa shape index (κ3) is 8.52. The number of anilines is 2. The van der Waals surface area contributed by atoms with Gasteiger partial charge in [0, 0.05) is 38.4 Å². The van der Waals surface area contributed by atoms with Gasteiger partial charge >= 0.3 is 5.97 Å². The zero-order chi connectivity index (χ0) is 30.8. The predicted molar refractivity (Wildman–Crippen MR) is 172 cm³/mol. The van der Waals surface area contributed by atoms with Crippen LogP contribution in [0.2, 0.25) is 0 Å². The summed E-state index contributed by atoms with van der Waals surface area (Å²) in [7, 11) is 0. The number of amides is 2. The first-order valence-electron chi connectivity index (χ1n) is 15.2. The molecule has 0 saturated carbocycles. The van der Waals surface area contributed by atoms with E-state index in [0.717, 1.165) is 57.9 Å². The Morgan fingerprint density at radius 1 is 0.930 bits per heavy atom. The van der Waals surface area contributed by atoms with Crippen molar-refractivity contribution < 1.29 is 23.9 Å². The maximum absolute atomic E-state index is 13.8. The summed E-state index contributed by atoms with van der Waals surface area (Å²) in [6.07, 6.45) is 1.68. The van der Waals surface area contributed by atoms with E-state index in [1.54, 1.807) is 43.3 Å². The van der Waals surface area contributed by atoms with E-state index in [9.17, 15) is 14.4 Å². The second-order valence-electron chi connectivity index (χ2n) is 10.7. The number of esters is 1. The summed E-state index contributed by atoms with van der Waals surface area (Å²) in [6, 6.07) is 13.1. The third-order valence-electron chi connectivity index (χ3n) is 7.73. The number of thiocarbonyl (C=S) groups is 1. The van der Waals surface area contributed by atoms with Crippen LogP contribution < -0.4 is 15.0 Å². The molecule has 1 atom stereocenters. The molecule has 2 fully saturated rings. The Morgan fingerprint density at radius 2 is 1.60 bits per heavy atom. The number of likely N-dealkylation sites (N-methyl/N-ethyl adjacent to an activating group) is 1. The van der Waals surface area contributed by atoms with Gasteiger partial charge in [-0.2, -0.15) is 0 Å². The Morgan fingerprint density at radius 3 is 2.23 bits per heavy atom. The average molecular weight is 610 g/mol. The number of carbonyl (C=O) groups is 3. The summed E-state index contributed by atoms with van der Waals surface area (Å²) < 4.78 is 10.7. The molecule has 2 aromatic carbocycles. The van der Waals surface area contributed by atoms with E-state index >= 15 is 0 Å². The van der Waals surface area contributed by atoms with Gasteiger partial charge in [-0.15, -0.1) is 0 Å². The quantitative estimate of drug-likeness (QED) is 0.252. The van der Waals surface area contributed by atoms with Gasteiger partial charge in [-0.05, 0) is 93.6 Å². The van der Waals surface area contributed by atoms with E-state index in [4.69, 9.17) is 21.7 Å². The van der Waals surface area contributed by atoms with Gasteiger partial charge in [0.1, 0.15) is 11.8 Å². The Hall–Kier alpha value is -3.54. The monoisotopic (exact) mass is 609 g/mol. The van der Waals surface area contributed by atoms with E-state index in [2.05, 4.69) is 22.0 Å². The van der Waals surface area contributed by atoms with Crippen LogP contribution in [0.3, 0.4) is 0 Å². The third-order valence-corrected chi connectivity index (χ3v) is 8.15. The Bertz CT molecular complexity index is 1250. The molecule has 1 N–H and O–H groups in total. The molecular formula is C32H43N5O5S. The number of carbonyl (C=O) groups excluding carboxylic acids is 3. The maximum Gasteiger partial charge on any atom is 0.338 e. The van der Waals surface area contributed by atoms with Crippen LogP contribution in [-0.2, 0) is 14.3 Å². The van der Waals surface area contributed by atoms with Crippen LogP contribution in [0.15, 0.2) is 48.5 Å². The average Bonchev–Trinajstić information content (AvgIpc) is 3.25. The minimum absolute atomic E-state index is 0.0420. The SMILES string of the molecule is CCCOc1ccc(NC(=O)C[C@H]2C(=O)N(c3ccc(C(=O)OCC)cc3)C(=S)N2CCCN2CCN(CC)CC2)cc1. The highest BCUT2D eigenvalue weighted by Crippen LogP contribution is 2.28. The summed E-state index contributed by atoms with van der Waals surface area (Å²) >= 11 is 5.83. The van der Waals surface area contributed by atoms with E-state index < -0.39 is 12.0 Å². The van der Waals surface area contributed by atoms with Crippen molar-refractivity contribution in [2.75, 3.05) is 69.2 Å². The van der Waals surface area contributed by atoms with E-state index in [1.807, 2.05) is 24.0 Å². The molecule has 2 heterocycles. The van der Waals surface area contributed by atoms with Gasteiger partial charge in [-0.3, -0.25) is 14.5 Å². The summed E-state index contributed by atoms with van der Waals surface area (Å²) in [6.45, 7) is 13.5. The molecule has 11 heteroatoms. The molecule has 4 rings (SSSR count). The zero-order valence-corrected chi connectivity index (χ0v) is 26.2. The number of hydrogen-bond donors (Lipinski definition) is 1. The molecule has 0 aliphatic carbocycles. The van der Waals surface area contributed by atoms with Crippen molar-refractivity contribution in [3.8, 4) is 5.75 Å². The van der Waals surface area contributed by atoms with E-state index in [1.165, 1.54) is 4.90 Å². The minimum Gasteiger partial charge on any atom is -0.494 e. The Labute approximate surface area is 259 Å². The van der Waals surface area contributed by atoms with Crippen molar-refractivity contribution in [2.24, 2.45) is 0 Å². The van der Waals surface area contributed by atoms with Crippen LogP contribution in [0.25, 0.3) is 0 Å². The highest BCUT2D eigenvalue weighted by Gasteiger charge is 2.44. The fourth-order valence-corrected chi connectivity index (χ4v) is 5.74. The number of ether oxygens (including phenoxy) is 2. The summed E-state index contributed by atoms with van der Waals surface area (Å²) in [5, 5.41) is 3.27. The van der Waals surface area contributed by atoms with Crippen LogP contribution in [0.5, 0.6) is 5.75 Å². The lowest BCUT2D eigenvalue weighted by atomic mass is 10.1. The van der Waals surface area contributed by atoms with Crippen molar-refractivity contribution in [1.29, 1.82) is 0 Å². The Balaban J connectivity index is 1.45. The standard InChI is InChI=1S/C32H43N5O5S/c1-4-22-42-27-14-10-25(11-15-27)33-29(38)23-28-30(39)37(26-12-8-24(9-13-26)31(40)41-6-3)32(43)36(28)17-7-16-35-20-18-34(5-2)19-21-35/h8-15,28H,4-7,16-23H2,1-3H3,(H,33,38)/t28-/m0/s1. The minimum atomic E-state index is -0.735. The molecule has 2 aliphatic rings. The molecular weight excluding hydrogens is 566 g/mol. The zero-order valence-electron chi connectivity index (χ0n) is 25.4. The number of hydrogen-bond acceptors (Lipinski definition) is 8. The summed E-state index contributed by atoms with van der Waals surface area (Å²) in [5.41, 5.74) is 1.57. The maximum atomic E-state index is 13.8. The molecule has 0 bridgehead atoms. The molecule has 0 radical (unpaired) electrons. The number of nitrogens with zero attached hydrogens (tertiary/aromatic N) is 4. The molecule has 0 unspecified atom stereocenters. The van der Waals surface area contributed by atoms with Gasteiger partial charge in [0.2, 0.25) is 5.91 Å². The first kappa shape index (κ1) is 32.4. The predicted octanol–water partition coefficient (Wildman–Crippen LogP) is 4.01. The molecule has 2 aromatic rings. The van der Waals surface area contributed by atoms with Crippen molar-refractivity contribution in [3.05, 3.63) is 54.1 Å². The van der Waals surface area contributed by atoms with Crippen LogP contribution in [-0.4, -0.2) is 103 Å². The van der Waals surface area contributed by atoms with Gasteiger partial charge in [0.25, 0.3) is 5.91 Å². The van der Waals surface area contributed by atoms with Crippen molar-refractivity contribution in [1.82, 2.24) is 14.7 Å². The molecule has 2 aliphatic heterocycles. The Kier molecular flexibility index (Phi) is 11.9. The fourth-order valence-electron chi connectivity index (χ4n) is 5.32. The van der Waals surface area contributed by atoms with Crippen molar-refractivity contribution in [2.45, 2.75) is 46.1 Å². The molecule has 0 aromatic heterocycles. The highest BCUT2D eigenvalue weighted by atomic mass is 32.1. The second-order valence-corrected chi connectivity index (χ2v) is 11.1. The van der Waals surface area contributed by atoms with Gasteiger partial charge in [-0.25, -0.2) is 4.79 Å². The van der Waals surface area contributed by atoms with Crippen molar-refractivity contribution in [3.63, 3.8) is 0 Å². The summed E-state index contributed by atoms with van der Waals surface area (Å²) in [5.74, 6) is -0.221. The largest absolute Gasteiger partial charge is 0.494 e. The van der Waals surface area contributed by atoms with Crippen LogP contribution in [0.1, 0.15) is 50.4 Å². The topological polar surface area (TPSA) is 94.7 Å². The molecule has 0 spiro atoms. The smallest absolute Gasteiger partial charge is 0.338 e. The first-order valence-corrected chi connectivity index (χ1v) is 15.6. The first-order chi connectivity index (χ1) is 20.8. The van der Waals surface area contributed by atoms with Crippen LogP contribution in [0, 0.1) is 0 Å². The number of piperazine rings is 1. The normalized spacial score (nSPS) is 17.8. The number of rotatable bonds is 14. The number of benzene rings is 2. The highest BCUT2D eigenvalue weighted by molar-refractivity contribution is 7.80. The lowest BCUT2D eigenvalue weighted by Gasteiger charge is -2.34. The fraction of sp³-hybridized carbons (Fsp3) is 0.500. The summed E-state index contributed by atoms with van der Waals surface area (Å²) in [4.78, 5) is 47.4. The van der Waals surface area contributed by atoms with Gasteiger partial charge in [0.05, 0.1) is 30.9 Å². The molecule has 232 valence electrons. The van der Waals surface area contributed by atoms with E-state index in [0.29, 0.717) is 35.2 Å². The van der Waals surface area contributed by atoms with Crippen LogP contribution >= 0.6 is 12.2 Å². The lowest BCUT2D eigenvalue weighted by molar-refractivity contribution is -0.124. The van der Waals surface area contributed by atoms with Crippen LogP contribution in [0.4, 0.5) is 11.4 Å². The van der Waals surface area contributed by atoms with Crippen molar-refractivity contribution >= 4 is 46.5 Å². The van der Waals surface area contributed by atoms with Gasteiger partial charge in [0.15, 0.2) is 5.11 Å². The van der Waals surface area contributed by atoms with Gasteiger partial charge in [-0.1, -0.05) is 13.8 Å². The number of nitrogens with one attached hydrogen (secondary N) is 1. The molecule has 10 nitrogen and oxygen atoms in total.